The van der Waals surface area contributed by atoms with E-state index in [0.717, 1.165) is 138 Å². The van der Waals surface area contributed by atoms with Crippen LogP contribution in [0.2, 0.25) is 0 Å². The molecule has 136 heavy (non-hydrogen) atoms. The number of pyridine rings is 4. The first-order valence-electron chi connectivity index (χ1n) is 45.9. The van der Waals surface area contributed by atoms with Crippen molar-refractivity contribution >= 4 is 111 Å². The highest BCUT2D eigenvalue weighted by atomic mass is 32.1. The number of hydrogen-bond acceptors (Lipinski definition) is 20. The lowest BCUT2D eigenvalue weighted by Crippen LogP contribution is -2.31. The third kappa shape index (κ3) is 21.3. The average molecular weight is 1900 g/mol. The Morgan fingerprint density at radius 2 is 0.471 bits per heavy atom. The van der Waals surface area contributed by atoms with Crippen LogP contribution >= 0.6 is 45.3 Å². The van der Waals surface area contributed by atoms with Crippen LogP contribution in [0.15, 0.2) is 243 Å². The zero-order valence-corrected chi connectivity index (χ0v) is 79.6. The Hall–Kier alpha value is -12.6. The molecule has 4 fully saturated rings. The minimum absolute atomic E-state index is 0.0111. The van der Waals surface area contributed by atoms with Gasteiger partial charge in [-0.25, -0.2) is 57.4 Å². The third-order valence-electron chi connectivity index (χ3n) is 26.2. The van der Waals surface area contributed by atoms with Gasteiger partial charge in [-0.1, -0.05) is 191 Å². The molecule has 0 bridgehead atoms. The number of thiazole rings is 4. The quantitative estimate of drug-likeness (QED) is 0.0182. The molecule has 0 unspecified atom stereocenters. The van der Waals surface area contributed by atoms with Crippen molar-refractivity contribution in [3.8, 4) is 42.3 Å². The molecule has 0 spiro atoms. The number of carboxylic acid groups (broad SMARTS) is 4. The second-order valence-corrected chi connectivity index (χ2v) is 40.4. The van der Waals surface area contributed by atoms with Gasteiger partial charge in [0.1, 0.15) is 84.7 Å². The summed E-state index contributed by atoms with van der Waals surface area (Å²) in [4.78, 5) is 85.2. The second kappa shape index (κ2) is 40.3. The molecule has 0 saturated heterocycles. The fourth-order valence-corrected chi connectivity index (χ4v) is 22.2. The summed E-state index contributed by atoms with van der Waals surface area (Å²) in [5, 5.41) is 51.0. The van der Waals surface area contributed by atoms with E-state index < -0.39 is 23.9 Å². The van der Waals surface area contributed by atoms with Gasteiger partial charge in [-0.2, -0.15) is 0 Å². The number of aromatic nitrogens is 8. The van der Waals surface area contributed by atoms with Crippen molar-refractivity contribution in [1.82, 2.24) is 61.1 Å². The number of benzene rings is 8. The molecule has 0 radical (unpaired) electrons. The van der Waals surface area contributed by atoms with Crippen molar-refractivity contribution in [3.05, 3.63) is 333 Å². The smallest absolute Gasteiger partial charge is 0.304 e. The van der Waals surface area contributed by atoms with E-state index in [-0.39, 0.29) is 119 Å². The van der Waals surface area contributed by atoms with Crippen LogP contribution in [0, 0.1) is 23.3 Å². The van der Waals surface area contributed by atoms with Gasteiger partial charge in [0.2, 0.25) is 0 Å². The lowest BCUT2D eigenvalue weighted by Gasteiger charge is -2.19. The van der Waals surface area contributed by atoms with E-state index in [1.807, 2.05) is 100 Å². The molecule has 8 atom stereocenters. The topological polar surface area (TPSA) is 300 Å². The lowest BCUT2D eigenvalue weighted by molar-refractivity contribution is -0.138. The predicted molar refractivity (Wildman–Crippen MR) is 530 cm³/mol. The summed E-state index contributed by atoms with van der Waals surface area (Å²) in [5.41, 5.74) is 17.2. The molecule has 28 heteroatoms. The molecule has 8 heterocycles. The van der Waals surface area contributed by atoms with E-state index in [1.165, 1.54) is 91.9 Å². The monoisotopic (exact) mass is 1900 g/mol. The summed E-state index contributed by atoms with van der Waals surface area (Å²) >= 11 is 5.63. The highest BCUT2D eigenvalue weighted by Gasteiger charge is 2.50. The number of rotatable bonds is 32. The van der Waals surface area contributed by atoms with Gasteiger partial charge in [-0.05, 0) is 248 Å². The van der Waals surface area contributed by atoms with Crippen molar-refractivity contribution < 1.29 is 57.2 Å². The third-order valence-corrected chi connectivity index (χ3v) is 30.2. The molecule has 8 N–H and O–H groups in total. The summed E-state index contributed by atoms with van der Waals surface area (Å²) in [5.74, 6) is -4.84. The maximum atomic E-state index is 15.1. The zero-order valence-electron chi connectivity index (χ0n) is 76.3. The zero-order chi connectivity index (χ0) is 95.5. The number of aliphatic carboxylic acids is 4. The largest absolute Gasteiger partial charge is 0.481 e. The van der Waals surface area contributed by atoms with Gasteiger partial charge < -0.3 is 41.7 Å². The van der Waals surface area contributed by atoms with Gasteiger partial charge >= 0.3 is 23.9 Å². The summed E-state index contributed by atoms with van der Waals surface area (Å²) in [6, 6.07) is 76.9. The van der Waals surface area contributed by atoms with E-state index in [0.29, 0.717) is 42.3 Å². The van der Waals surface area contributed by atoms with Crippen LogP contribution in [-0.4, -0.2) is 108 Å². The summed E-state index contributed by atoms with van der Waals surface area (Å²) < 4.78 is 60.4. The number of nitrogens with one attached hydrogen (secondary N) is 4. The highest BCUT2D eigenvalue weighted by Crippen LogP contribution is 2.57. The minimum Gasteiger partial charge on any atom is -0.481 e. The SMILES string of the molecule is C[C@@H](CC(=O)O)N[C@H](C)c1ccc(-c2nc3ccc(C4(c5ccccc5)CC4)nc3s2)c(F)c1.C[C@H](CC(=O)O)N[C@@H](C)c1ccc(-c2nc3ccc(C4(c5ccccc5)CC4)nc3s2)c(F)c1.C[C@H](CC(=O)O)N[C@H](C)c1ccc(-c2nc3ccc(C4(c5ccccc5)CC4)nc3s2)c(F)c1.C[C@H](N[C@@H](C)CC(=O)O)c1ccc(-c2nc3ccc(C4(c5ccccc5)CC4)nc3s2)c(F)c1. The molecule has 20 nitrogen and oxygen atoms in total. The maximum Gasteiger partial charge on any atom is 0.304 e. The Balaban J connectivity index is 0.000000126. The normalized spacial score (nSPS) is 16.3. The molecule has 16 aromatic rings. The van der Waals surface area contributed by atoms with Crippen LogP contribution in [0.3, 0.4) is 0 Å². The van der Waals surface area contributed by atoms with Crippen LogP contribution < -0.4 is 21.3 Å². The maximum absolute atomic E-state index is 15.1. The standard InChI is InChI=1S/4C27H26FN3O2S/c4*1-16(14-24(32)33)29-17(2)18-8-9-20(21(28)15-18)25-30-22-10-11-23(31-26(22)34-25)27(12-13-27)19-6-4-3-5-7-19/h4*3-11,15-17,29H,12-14H2,1-2H3,(H,32,33)/t2*16-,17+;2*16-,17-/m1010/s1. The second-order valence-electron chi connectivity index (χ2n) is 36.5. The Labute approximate surface area is 801 Å². The van der Waals surface area contributed by atoms with Gasteiger partial charge in [0, 0.05) is 92.2 Å². The first-order chi connectivity index (χ1) is 65.4. The molecule has 20 rings (SSSR count). The Morgan fingerprint density at radius 1 is 0.279 bits per heavy atom. The van der Waals surface area contributed by atoms with Crippen molar-refractivity contribution in [2.45, 2.75) is 202 Å². The summed E-state index contributed by atoms with van der Waals surface area (Å²) in [6.07, 6.45) is 8.67. The average Bonchev–Trinajstić information content (AvgIpc) is 1.59. The molecule has 4 aliphatic rings. The Bertz CT molecular complexity index is 6240. The Morgan fingerprint density at radius 3 is 0.640 bits per heavy atom. The minimum atomic E-state index is -0.863. The van der Waals surface area contributed by atoms with E-state index in [4.69, 9.17) is 40.4 Å². The molecule has 8 aromatic carbocycles. The van der Waals surface area contributed by atoms with E-state index >= 15 is 17.6 Å². The molecule has 4 aliphatic carbocycles. The van der Waals surface area contributed by atoms with Gasteiger partial charge in [0.25, 0.3) is 0 Å². The lowest BCUT2D eigenvalue weighted by atomic mass is 9.92. The fraction of sp³-hybridized carbons (Fsp3) is 0.296. The van der Waals surface area contributed by atoms with E-state index in [1.54, 1.807) is 52.0 Å². The highest BCUT2D eigenvalue weighted by molar-refractivity contribution is 7.22. The van der Waals surface area contributed by atoms with Gasteiger partial charge in [0.05, 0.1) is 48.5 Å². The van der Waals surface area contributed by atoms with Crippen molar-refractivity contribution in [1.29, 1.82) is 0 Å². The molecule has 4 saturated carbocycles. The number of fused-ring (bicyclic) bond motifs is 4. The molecule has 696 valence electrons. The van der Waals surface area contributed by atoms with Crippen LogP contribution in [0.5, 0.6) is 0 Å². The first kappa shape index (κ1) is 95.1. The van der Waals surface area contributed by atoms with Crippen molar-refractivity contribution in [3.63, 3.8) is 0 Å². The molecular formula is C108H104F4N12O8S4. The molecule has 0 aliphatic heterocycles. The predicted octanol–water partition coefficient (Wildman–Crippen LogP) is 24.4. The van der Waals surface area contributed by atoms with Crippen molar-refractivity contribution in [2.75, 3.05) is 0 Å². The van der Waals surface area contributed by atoms with Gasteiger partial charge in [-0.15, -0.1) is 0 Å². The van der Waals surface area contributed by atoms with Gasteiger partial charge in [-0.3, -0.25) is 19.2 Å². The van der Waals surface area contributed by atoms with Crippen LogP contribution in [0.25, 0.3) is 83.7 Å². The molecule has 0 amide bonds. The first-order valence-corrected chi connectivity index (χ1v) is 49.1. The van der Waals surface area contributed by atoms with Gasteiger partial charge in [0.15, 0.2) is 0 Å². The van der Waals surface area contributed by atoms with E-state index in [9.17, 15) is 19.2 Å². The number of halogens is 4. The summed E-state index contributed by atoms with van der Waals surface area (Å²) in [6.45, 7) is 14.8. The van der Waals surface area contributed by atoms with Crippen LogP contribution in [0.1, 0.15) is 224 Å². The number of nitrogens with zero attached hydrogens (tertiary/aromatic N) is 8. The molecule has 8 aromatic heterocycles. The fourth-order valence-electron chi connectivity index (χ4n) is 18.4. The van der Waals surface area contributed by atoms with Crippen LogP contribution in [-0.2, 0) is 40.8 Å². The Kier molecular flexibility index (Phi) is 28.2. The number of carboxylic acids is 4. The number of carbonyl (C=O) groups is 4. The van der Waals surface area contributed by atoms with Crippen molar-refractivity contribution in [2.24, 2.45) is 0 Å². The van der Waals surface area contributed by atoms with E-state index in [2.05, 4.69) is 163 Å². The number of hydrogen-bond donors (Lipinski definition) is 8. The summed E-state index contributed by atoms with van der Waals surface area (Å²) in [7, 11) is 0. The molecular weight excluding hydrogens is 1800 g/mol. The van der Waals surface area contributed by atoms with Crippen LogP contribution in [0.4, 0.5) is 17.6 Å².